The highest BCUT2D eigenvalue weighted by atomic mass is 127. The number of fused-ring (bicyclic) bond motifs is 9. The van der Waals surface area contributed by atoms with Gasteiger partial charge in [-0.15, -0.1) is 0 Å². The molecule has 2 nitrogen and oxygen atoms in total. The molecule has 4 saturated carbocycles. The SMILES string of the molecule is CCC(C)(I)C(=O)OC1(C)CC2CC1C1C3CCC(C3)C21. The third kappa shape index (κ3) is 1.98. The van der Waals surface area contributed by atoms with E-state index in [0.717, 1.165) is 42.4 Å². The molecule has 0 aromatic rings. The van der Waals surface area contributed by atoms with Gasteiger partial charge in [0.05, 0.1) is 0 Å². The average molecular weight is 402 g/mol. The molecule has 0 spiro atoms. The van der Waals surface area contributed by atoms with Gasteiger partial charge in [0.25, 0.3) is 0 Å². The highest BCUT2D eigenvalue weighted by Crippen LogP contribution is 2.70. The van der Waals surface area contributed by atoms with Crippen LogP contribution >= 0.6 is 22.6 Å². The summed E-state index contributed by atoms with van der Waals surface area (Å²) in [6.45, 7) is 6.32. The summed E-state index contributed by atoms with van der Waals surface area (Å²) < 4.78 is 5.79. The predicted molar refractivity (Wildman–Crippen MR) is 91.2 cm³/mol. The number of rotatable bonds is 3. The summed E-state index contributed by atoms with van der Waals surface area (Å²) in [7, 11) is 0. The molecular weight excluding hydrogens is 375 g/mol. The van der Waals surface area contributed by atoms with Gasteiger partial charge in [0.2, 0.25) is 0 Å². The topological polar surface area (TPSA) is 26.3 Å². The molecule has 0 radical (unpaired) electrons. The van der Waals surface area contributed by atoms with Crippen molar-refractivity contribution in [3.05, 3.63) is 0 Å². The Labute approximate surface area is 141 Å². The van der Waals surface area contributed by atoms with Gasteiger partial charge in [0.1, 0.15) is 9.02 Å². The van der Waals surface area contributed by atoms with Crippen molar-refractivity contribution < 1.29 is 9.53 Å². The van der Waals surface area contributed by atoms with Gasteiger partial charge in [0, 0.05) is 5.92 Å². The molecule has 0 heterocycles. The van der Waals surface area contributed by atoms with Crippen LogP contribution in [0.25, 0.3) is 0 Å². The molecule has 8 unspecified atom stereocenters. The largest absolute Gasteiger partial charge is 0.458 e. The van der Waals surface area contributed by atoms with Crippen LogP contribution in [0.3, 0.4) is 0 Å². The monoisotopic (exact) mass is 402 g/mol. The molecule has 118 valence electrons. The van der Waals surface area contributed by atoms with Crippen LogP contribution in [0.2, 0.25) is 0 Å². The quantitative estimate of drug-likeness (QED) is 0.299. The van der Waals surface area contributed by atoms with Crippen molar-refractivity contribution in [3.63, 3.8) is 0 Å². The van der Waals surface area contributed by atoms with E-state index >= 15 is 0 Å². The Kier molecular flexibility index (Phi) is 3.24. The van der Waals surface area contributed by atoms with Gasteiger partial charge >= 0.3 is 5.97 Å². The molecule has 4 aliphatic carbocycles. The third-order valence-electron chi connectivity index (χ3n) is 7.48. The van der Waals surface area contributed by atoms with Gasteiger partial charge in [-0.2, -0.15) is 0 Å². The maximum atomic E-state index is 12.6. The fraction of sp³-hybridized carbons (Fsp3) is 0.944. The predicted octanol–water partition coefficient (Wildman–Crippen LogP) is 4.59. The van der Waals surface area contributed by atoms with E-state index in [1.807, 2.05) is 6.92 Å². The minimum Gasteiger partial charge on any atom is -0.458 e. The first-order valence-electron chi connectivity index (χ1n) is 8.78. The number of alkyl halides is 1. The number of carbonyl (C=O) groups is 1. The molecule has 0 aromatic heterocycles. The van der Waals surface area contributed by atoms with Gasteiger partial charge in [-0.05, 0) is 82.0 Å². The molecule has 0 N–H and O–H groups in total. The van der Waals surface area contributed by atoms with Crippen molar-refractivity contribution in [2.24, 2.45) is 35.5 Å². The Morgan fingerprint density at radius 1 is 1.24 bits per heavy atom. The van der Waals surface area contributed by atoms with Crippen LogP contribution in [-0.4, -0.2) is 15.0 Å². The summed E-state index contributed by atoms with van der Waals surface area (Å²) in [5.74, 6) is 5.33. The summed E-state index contributed by atoms with van der Waals surface area (Å²) in [6.07, 6.45) is 7.70. The Hall–Kier alpha value is 0.200. The molecule has 8 atom stereocenters. The lowest BCUT2D eigenvalue weighted by atomic mass is 9.66. The first-order chi connectivity index (χ1) is 9.86. The number of ether oxygens (including phenoxy) is 1. The summed E-state index contributed by atoms with van der Waals surface area (Å²) in [6, 6.07) is 0. The molecule has 4 bridgehead atoms. The molecule has 0 aromatic carbocycles. The van der Waals surface area contributed by atoms with Gasteiger partial charge in [-0.3, -0.25) is 4.79 Å². The lowest BCUT2D eigenvalue weighted by Crippen LogP contribution is -2.48. The number of carbonyl (C=O) groups excluding carboxylic acids is 1. The zero-order chi connectivity index (χ0) is 15.0. The molecule has 21 heavy (non-hydrogen) atoms. The van der Waals surface area contributed by atoms with E-state index in [1.54, 1.807) is 0 Å². The average Bonchev–Trinajstić information content (AvgIpc) is 3.14. The first-order valence-corrected chi connectivity index (χ1v) is 9.86. The number of halogens is 1. The van der Waals surface area contributed by atoms with Crippen molar-refractivity contribution in [2.45, 2.75) is 68.3 Å². The Balaban J connectivity index is 1.54. The Bertz CT molecular complexity index is 474. The normalized spacial score (nSPS) is 52.8. The van der Waals surface area contributed by atoms with Crippen molar-refractivity contribution >= 4 is 28.6 Å². The van der Waals surface area contributed by atoms with E-state index in [4.69, 9.17) is 4.74 Å². The third-order valence-corrected chi connectivity index (χ3v) is 8.68. The van der Waals surface area contributed by atoms with Gasteiger partial charge in [0.15, 0.2) is 0 Å². The minimum atomic E-state index is -0.364. The van der Waals surface area contributed by atoms with E-state index in [-0.39, 0.29) is 15.0 Å². The van der Waals surface area contributed by atoms with Crippen LogP contribution in [0.5, 0.6) is 0 Å². The van der Waals surface area contributed by atoms with Crippen molar-refractivity contribution in [1.82, 2.24) is 0 Å². The smallest absolute Gasteiger partial charge is 0.322 e. The summed E-state index contributed by atoms with van der Waals surface area (Å²) in [5.41, 5.74) is -0.172. The lowest BCUT2D eigenvalue weighted by molar-refractivity contribution is -0.170. The van der Waals surface area contributed by atoms with Crippen LogP contribution in [0.15, 0.2) is 0 Å². The van der Waals surface area contributed by atoms with Crippen molar-refractivity contribution in [3.8, 4) is 0 Å². The molecule has 0 saturated heterocycles. The zero-order valence-electron chi connectivity index (χ0n) is 13.4. The summed E-state index contributed by atoms with van der Waals surface area (Å²) in [5, 5.41) is 0. The maximum absolute atomic E-state index is 12.6. The van der Waals surface area contributed by atoms with Crippen LogP contribution in [0.1, 0.15) is 59.3 Å². The van der Waals surface area contributed by atoms with Crippen LogP contribution in [0.4, 0.5) is 0 Å². The second-order valence-corrected chi connectivity index (χ2v) is 10.9. The van der Waals surface area contributed by atoms with Crippen LogP contribution in [-0.2, 0) is 9.53 Å². The number of hydrogen-bond donors (Lipinski definition) is 0. The molecule has 0 aliphatic heterocycles. The van der Waals surface area contributed by atoms with E-state index < -0.39 is 0 Å². The van der Waals surface area contributed by atoms with Gasteiger partial charge in [-0.25, -0.2) is 0 Å². The van der Waals surface area contributed by atoms with E-state index in [2.05, 4.69) is 36.4 Å². The van der Waals surface area contributed by atoms with E-state index in [9.17, 15) is 4.79 Å². The number of esters is 1. The Morgan fingerprint density at radius 3 is 2.57 bits per heavy atom. The maximum Gasteiger partial charge on any atom is 0.322 e. The molecule has 4 rings (SSSR count). The summed E-state index contributed by atoms with van der Waals surface area (Å²) in [4.78, 5) is 12.6. The molecule has 0 amide bonds. The van der Waals surface area contributed by atoms with Gasteiger partial charge < -0.3 is 4.74 Å². The fourth-order valence-electron chi connectivity index (χ4n) is 6.44. The van der Waals surface area contributed by atoms with Gasteiger partial charge in [-0.1, -0.05) is 29.5 Å². The van der Waals surface area contributed by atoms with Crippen LogP contribution in [0, 0.1) is 35.5 Å². The summed E-state index contributed by atoms with van der Waals surface area (Å²) >= 11 is 2.26. The zero-order valence-corrected chi connectivity index (χ0v) is 15.6. The first kappa shape index (κ1) is 14.8. The van der Waals surface area contributed by atoms with Crippen molar-refractivity contribution in [2.75, 3.05) is 0 Å². The standard InChI is InChI=1S/C18H27IO2/c1-4-17(2,19)16(20)21-18(3)9-12-8-13(18)15-11-6-5-10(7-11)14(12)15/h10-15H,4-9H2,1-3H3. The molecule has 4 fully saturated rings. The van der Waals surface area contributed by atoms with E-state index in [0.29, 0.717) is 5.92 Å². The number of hydrogen-bond acceptors (Lipinski definition) is 2. The lowest BCUT2D eigenvalue weighted by Gasteiger charge is -2.44. The highest BCUT2D eigenvalue weighted by Gasteiger charge is 2.67. The molecule has 3 heteroatoms. The van der Waals surface area contributed by atoms with Crippen molar-refractivity contribution in [1.29, 1.82) is 0 Å². The Morgan fingerprint density at radius 2 is 1.90 bits per heavy atom. The minimum absolute atomic E-state index is 0.0142. The van der Waals surface area contributed by atoms with E-state index in [1.165, 1.54) is 25.7 Å². The second kappa shape index (κ2) is 4.61. The molecular formula is C18H27IO2. The highest BCUT2D eigenvalue weighted by molar-refractivity contribution is 14.1. The fourth-order valence-corrected chi connectivity index (χ4v) is 6.55. The molecule has 4 aliphatic rings. The van der Waals surface area contributed by atoms with Crippen LogP contribution < -0.4 is 0 Å². The second-order valence-electron chi connectivity index (χ2n) is 8.55.